The molecule has 2 rings (SSSR count). The lowest BCUT2D eigenvalue weighted by molar-refractivity contribution is -0.142. The van der Waals surface area contributed by atoms with Crippen molar-refractivity contribution in [1.82, 2.24) is 5.32 Å². The van der Waals surface area contributed by atoms with Gasteiger partial charge in [0.2, 0.25) is 5.91 Å². The van der Waals surface area contributed by atoms with Crippen LogP contribution < -0.4 is 10.6 Å². The van der Waals surface area contributed by atoms with Crippen molar-refractivity contribution >= 4 is 45.7 Å². The molecule has 5 nitrogen and oxygen atoms in total. The summed E-state index contributed by atoms with van der Waals surface area (Å²) >= 11 is 5.08. The summed E-state index contributed by atoms with van der Waals surface area (Å²) in [4.78, 5) is 22.6. The first-order valence-corrected chi connectivity index (χ1v) is 7.16. The van der Waals surface area contributed by atoms with E-state index in [2.05, 4.69) is 15.4 Å². The topological polar surface area (TPSA) is 67.4 Å². The highest BCUT2D eigenvalue weighted by Gasteiger charge is 2.08. The Balaban J connectivity index is 1.90. The smallest absolute Gasteiger partial charge is 0.306 e. The third-order valence-corrected chi connectivity index (χ3v) is 3.25. The molecule has 0 fully saturated rings. The van der Waals surface area contributed by atoms with Gasteiger partial charge in [-0.25, -0.2) is 0 Å². The number of benzene rings is 2. The number of amides is 1. The van der Waals surface area contributed by atoms with E-state index in [-0.39, 0.29) is 23.9 Å². The van der Waals surface area contributed by atoms with Gasteiger partial charge in [0.25, 0.3) is 0 Å². The number of carbonyl (C=O) groups is 2. The molecule has 0 unspecified atom stereocenters. The van der Waals surface area contributed by atoms with E-state index in [1.54, 1.807) is 0 Å². The highest BCUT2D eigenvalue weighted by molar-refractivity contribution is 7.80. The Morgan fingerprint density at radius 3 is 2.55 bits per heavy atom. The van der Waals surface area contributed by atoms with Crippen molar-refractivity contribution in [3.8, 4) is 0 Å². The standard InChI is InChI=1S/C16H16N2O3S/c1-21-15(20)9-8-14(19)18-16(22)17-13-7-6-11-4-2-3-5-12(11)10-13/h2-7,10H,8-9H2,1H3,(H2,17,18,19,22). The fourth-order valence-electron chi connectivity index (χ4n) is 1.94. The molecule has 0 spiro atoms. The number of anilines is 1. The minimum Gasteiger partial charge on any atom is -0.469 e. The fraction of sp³-hybridized carbons (Fsp3) is 0.188. The first-order chi connectivity index (χ1) is 10.6. The Bertz CT molecular complexity index is 715. The number of rotatable bonds is 4. The zero-order valence-electron chi connectivity index (χ0n) is 12.1. The van der Waals surface area contributed by atoms with Crippen molar-refractivity contribution in [1.29, 1.82) is 0 Å². The molecule has 0 atom stereocenters. The van der Waals surface area contributed by atoms with Crippen LogP contribution in [0.3, 0.4) is 0 Å². The van der Waals surface area contributed by atoms with Crippen molar-refractivity contribution in [2.45, 2.75) is 12.8 Å². The molecule has 0 aliphatic rings. The van der Waals surface area contributed by atoms with Crippen LogP contribution in [-0.2, 0) is 14.3 Å². The summed E-state index contributed by atoms with van der Waals surface area (Å²) in [6.07, 6.45) is 0.0626. The molecular formula is C16H16N2O3S. The van der Waals surface area contributed by atoms with Gasteiger partial charge in [0.15, 0.2) is 5.11 Å². The lowest BCUT2D eigenvalue weighted by Gasteiger charge is -2.10. The molecule has 0 heterocycles. The Kier molecular flexibility index (Phi) is 5.43. The van der Waals surface area contributed by atoms with Crippen molar-refractivity contribution in [3.05, 3.63) is 42.5 Å². The van der Waals surface area contributed by atoms with Gasteiger partial charge < -0.3 is 15.4 Å². The minimum atomic E-state index is -0.427. The Morgan fingerprint density at radius 2 is 1.82 bits per heavy atom. The van der Waals surface area contributed by atoms with Crippen LogP contribution in [0.4, 0.5) is 5.69 Å². The van der Waals surface area contributed by atoms with Crippen molar-refractivity contribution in [2.75, 3.05) is 12.4 Å². The molecule has 2 aromatic carbocycles. The third-order valence-electron chi connectivity index (χ3n) is 3.04. The maximum absolute atomic E-state index is 11.6. The van der Waals surface area contributed by atoms with Gasteiger partial charge in [0.05, 0.1) is 13.5 Å². The predicted molar refractivity (Wildman–Crippen MR) is 89.6 cm³/mol. The van der Waals surface area contributed by atoms with Crippen LogP contribution in [0.5, 0.6) is 0 Å². The lowest BCUT2D eigenvalue weighted by Crippen LogP contribution is -2.34. The van der Waals surface area contributed by atoms with Crippen LogP contribution in [0, 0.1) is 0 Å². The number of hydrogen-bond donors (Lipinski definition) is 2. The number of nitrogens with one attached hydrogen (secondary N) is 2. The number of ether oxygens (including phenoxy) is 1. The van der Waals surface area contributed by atoms with Gasteiger partial charge in [-0.2, -0.15) is 0 Å². The van der Waals surface area contributed by atoms with Crippen LogP contribution in [0.25, 0.3) is 10.8 Å². The van der Waals surface area contributed by atoms with E-state index in [1.165, 1.54) is 7.11 Å². The molecule has 22 heavy (non-hydrogen) atoms. The van der Waals surface area contributed by atoms with Crippen LogP contribution in [0.2, 0.25) is 0 Å². The average molecular weight is 316 g/mol. The number of thiocarbonyl (C=S) groups is 1. The maximum Gasteiger partial charge on any atom is 0.306 e. The number of fused-ring (bicyclic) bond motifs is 1. The Labute approximate surface area is 133 Å². The molecule has 1 amide bonds. The molecule has 0 bridgehead atoms. The number of hydrogen-bond acceptors (Lipinski definition) is 4. The Hall–Kier alpha value is -2.47. The normalized spacial score (nSPS) is 10.0. The summed E-state index contributed by atoms with van der Waals surface area (Å²) in [5, 5.41) is 7.88. The zero-order valence-corrected chi connectivity index (χ0v) is 12.9. The molecule has 2 N–H and O–H groups in total. The van der Waals surface area contributed by atoms with Crippen molar-refractivity contribution in [2.24, 2.45) is 0 Å². The molecule has 0 aromatic heterocycles. The molecule has 2 aromatic rings. The molecule has 0 saturated heterocycles. The summed E-state index contributed by atoms with van der Waals surface area (Å²) in [6, 6.07) is 13.8. The number of esters is 1. The van der Waals surface area contributed by atoms with Crippen LogP contribution in [0.1, 0.15) is 12.8 Å². The van der Waals surface area contributed by atoms with Crippen molar-refractivity contribution < 1.29 is 14.3 Å². The second-order valence-electron chi connectivity index (χ2n) is 4.64. The molecule has 0 aliphatic heterocycles. The van der Waals surface area contributed by atoms with Gasteiger partial charge in [-0.05, 0) is 35.1 Å². The quantitative estimate of drug-likeness (QED) is 0.670. The molecule has 0 saturated carbocycles. The highest BCUT2D eigenvalue weighted by atomic mass is 32.1. The maximum atomic E-state index is 11.6. The van der Waals surface area contributed by atoms with Gasteiger partial charge in [0.1, 0.15) is 0 Å². The first kappa shape index (κ1) is 15.9. The van der Waals surface area contributed by atoms with E-state index in [1.807, 2.05) is 42.5 Å². The SMILES string of the molecule is COC(=O)CCC(=O)NC(=S)Nc1ccc2ccccc2c1. The van der Waals surface area contributed by atoms with Gasteiger partial charge in [-0.1, -0.05) is 30.3 Å². The zero-order chi connectivity index (χ0) is 15.9. The molecule has 6 heteroatoms. The van der Waals surface area contributed by atoms with E-state index in [0.717, 1.165) is 16.5 Å². The number of carbonyl (C=O) groups excluding carboxylic acids is 2. The number of methoxy groups -OCH3 is 1. The third kappa shape index (κ3) is 4.53. The van der Waals surface area contributed by atoms with Crippen LogP contribution in [0.15, 0.2) is 42.5 Å². The fourth-order valence-corrected chi connectivity index (χ4v) is 2.17. The van der Waals surface area contributed by atoms with E-state index in [4.69, 9.17) is 12.2 Å². The summed E-state index contributed by atoms with van der Waals surface area (Å²) in [5.41, 5.74) is 0.789. The Morgan fingerprint density at radius 1 is 1.09 bits per heavy atom. The van der Waals surface area contributed by atoms with E-state index >= 15 is 0 Å². The van der Waals surface area contributed by atoms with Gasteiger partial charge in [-0.3, -0.25) is 9.59 Å². The summed E-state index contributed by atoms with van der Waals surface area (Å²) in [5.74, 6) is -0.757. The lowest BCUT2D eigenvalue weighted by atomic mass is 10.1. The summed E-state index contributed by atoms with van der Waals surface area (Å²) in [7, 11) is 1.28. The van der Waals surface area contributed by atoms with Gasteiger partial charge in [0, 0.05) is 12.1 Å². The largest absolute Gasteiger partial charge is 0.469 e. The highest BCUT2D eigenvalue weighted by Crippen LogP contribution is 2.18. The summed E-state index contributed by atoms with van der Waals surface area (Å²) < 4.78 is 4.47. The summed E-state index contributed by atoms with van der Waals surface area (Å²) in [6.45, 7) is 0. The van der Waals surface area contributed by atoms with E-state index < -0.39 is 5.97 Å². The molecular weight excluding hydrogens is 300 g/mol. The predicted octanol–water partition coefficient (Wildman–Crippen LogP) is 2.61. The first-order valence-electron chi connectivity index (χ1n) is 6.75. The second-order valence-corrected chi connectivity index (χ2v) is 5.05. The average Bonchev–Trinajstić information content (AvgIpc) is 2.52. The van der Waals surface area contributed by atoms with E-state index in [9.17, 15) is 9.59 Å². The molecule has 0 aliphatic carbocycles. The van der Waals surface area contributed by atoms with Crippen LogP contribution in [-0.4, -0.2) is 24.1 Å². The van der Waals surface area contributed by atoms with Gasteiger partial charge in [-0.15, -0.1) is 0 Å². The molecule has 114 valence electrons. The monoisotopic (exact) mass is 316 g/mol. The van der Waals surface area contributed by atoms with Gasteiger partial charge >= 0.3 is 5.97 Å². The van der Waals surface area contributed by atoms with Crippen molar-refractivity contribution in [3.63, 3.8) is 0 Å². The minimum absolute atomic E-state index is 0.0287. The van der Waals surface area contributed by atoms with E-state index in [0.29, 0.717) is 0 Å². The van der Waals surface area contributed by atoms with Crippen LogP contribution >= 0.6 is 12.2 Å². The second kappa shape index (κ2) is 7.51. The molecule has 0 radical (unpaired) electrons.